The highest BCUT2D eigenvalue weighted by molar-refractivity contribution is 6.18. The van der Waals surface area contributed by atoms with Gasteiger partial charge >= 0.3 is 0 Å². The first-order valence-corrected chi connectivity index (χ1v) is 5.48. The van der Waals surface area contributed by atoms with Gasteiger partial charge < -0.3 is 0 Å². The molecule has 3 unspecified atom stereocenters. The van der Waals surface area contributed by atoms with E-state index in [2.05, 4.69) is 25.7 Å². The van der Waals surface area contributed by atoms with Crippen molar-refractivity contribution >= 4 is 11.6 Å². The molecule has 2 heteroatoms. The maximum Gasteiger partial charge on any atom is 0.0351 e. The molecule has 72 valence electrons. The van der Waals surface area contributed by atoms with Gasteiger partial charge in [-0.2, -0.15) is 0 Å². The van der Waals surface area contributed by atoms with Crippen LogP contribution in [0.1, 0.15) is 27.2 Å². The molecule has 0 aromatic carbocycles. The summed E-state index contributed by atoms with van der Waals surface area (Å²) >= 11 is 5.75. The number of halogens is 1. The van der Waals surface area contributed by atoms with Crippen molar-refractivity contribution in [1.82, 2.24) is 4.90 Å². The van der Waals surface area contributed by atoms with E-state index in [-0.39, 0.29) is 0 Å². The predicted molar refractivity (Wildman–Crippen MR) is 54.7 cm³/mol. The summed E-state index contributed by atoms with van der Waals surface area (Å²) < 4.78 is 0. The molecule has 0 spiro atoms. The molecule has 0 saturated carbocycles. The lowest BCUT2D eigenvalue weighted by Gasteiger charge is -2.40. The van der Waals surface area contributed by atoms with Gasteiger partial charge in [0.15, 0.2) is 0 Å². The number of hydrogen-bond donors (Lipinski definition) is 0. The molecule has 3 atom stereocenters. The topological polar surface area (TPSA) is 3.24 Å². The summed E-state index contributed by atoms with van der Waals surface area (Å²) in [6.07, 6.45) is 1.37. The largest absolute Gasteiger partial charge is 0.299 e. The number of piperidine rings is 1. The number of hydrogen-bond acceptors (Lipinski definition) is 1. The summed E-state index contributed by atoms with van der Waals surface area (Å²) in [5.74, 6) is 2.44. The van der Waals surface area contributed by atoms with Gasteiger partial charge in [-0.1, -0.05) is 13.8 Å². The average Bonchev–Trinajstić information content (AvgIpc) is 2.00. The maximum absolute atomic E-state index is 5.75. The van der Waals surface area contributed by atoms with Gasteiger partial charge in [0.25, 0.3) is 0 Å². The average molecular weight is 190 g/mol. The molecule has 1 aliphatic heterocycles. The highest BCUT2D eigenvalue weighted by Gasteiger charge is 2.27. The molecule has 0 N–H and O–H groups in total. The van der Waals surface area contributed by atoms with Crippen LogP contribution >= 0.6 is 11.6 Å². The highest BCUT2D eigenvalue weighted by Crippen LogP contribution is 2.26. The Kier molecular flexibility index (Phi) is 3.85. The lowest BCUT2D eigenvalue weighted by Crippen LogP contribution is -2.46. The van der Waals surface area contributed by atoms with E-state index in [9.17, 15) is 0 Å². The van der Waals surface area contributed by atoms with Crippen LogP contribution in [0.2, 0.25) is 0 Å². The van der Waals surface area contributed by atoms with Gasteiger partial charge in [0.2, 0.25) is 0 Å². The van der Waals surface area contributed by atoms with E-state index in [4.69, 9.17) is 11.6 Å². The minimum Gasteiger partial charge on any atom is -0.299 e. The standard InChI is InChI=1S/C10H20ClN/c1-8-6-9(2)10(3)12(7-8)5-4-11/h8-10H,4-7H2,1-3H3. The number of rotatable bonds is 2. The molecule has 0 aromatic rings. The van der Waals surface area contributed by atoms with Crippen molar-refractivity contribution in [3.8, 4) is 0 Å². The van der Waals surface area contributed by atoms with Gasteiger partial charge in [0.1, 0.15) is 0 Å². The van der Waals surface area contributed by atoms with Gasteiger partial charge in [0, 0.05) is 25.0 Å². The summed E-state index contributed by atoms with van der Waals surface area (Å²) in [6, 6.07) is 0.722. The predicted octanol–water partition coefficient (Wildman–Crippen LogP) is 2.59. The smallest absolute Gasteiger partial charge is 0.0351 e. The fourth-order valence-electron chi connectivity index (χ4n) is 2.24. The maximum atomic E-state index is 5.75. The summed E-state index contributed by atoms with van der Waals surface area (Å²) in [5.41, 5.74) is 0. The van der Waals surface area contributed by atoms with Crippen LogP contribution in [-0.2, 0) is 0 Å². The van der Waals surface area contributed by atoms with Crippen molar-refractivity contribution in [1.29, 1.82) is 0 Å². The molecular formula is C10H20ClN. The van der Waals surface area contributed by atoms with E-state index in [1.54, 1.807) is 0 Å². The second-order valence-corrected chi connectivity index (χ2v) is 4.62. The molecule has 1 rings (SSSR count). The first-order chi connectivity index (χ1) is 5.65. The molecule has 0 bridgehead atoms. The Morgan fingerprint density at radius 3 is 2.58 bits per heavy atom. The highest BCUT2D eigenvalue weighted by atomic mass is 35.5. The zero-order valence-corrected chi connectivity index (χ0v) is 9.14. The number of alkyl halides is 1. The Labute approximate surface area is 81.1 Å². The second kappa shape index (κ2) is 4.48. The molecule has 1 aliphatic rings. The minimum absolute atomic E-state index is 0.722. The van der Waals surface area contributed by atoms with Crippen LogP contribution in [-0.4, -0.2) is 29.9 Å². The Balaban J connectivity index is 2.47. The third-order valence-electron chi connectivity index (χ3n) is 3.09. The fraction of sp³-hybridized carbons (Fsp3) is 1.00. The van der Waals surface area contributed by atoms with Crippen molar-refractivity contribution in [3.05, 3.63) is 0 Å². The SMILES string of the molecule is CC1CC(C)C(C)N(CCCl)C1. The van der Waals surface area contributed by atoms with Gasteiger partial charge in [0.05, 0.1) is 0 Å². The second-order valence-electron chi connectivity index (χ2n) is 4.24. The Morgan fingerprint density at radius 2 is 2.00 bits per heavy atom. The summed E-state index contributed by atoms with van der Waals surface area (Å²) in [6.45, 7) is 9.30. The number of nitrogens with zero attached hydrogens (tertiary/aromatic N) is 1. The van der Waals surface area contributed by atoms with E-state index in [1.807, 2.05) is 0 Å². The molecule has 0 aromatic heterocycles. The van der Waals surface area contributed by atoms with Crippen LogP contribution in [0.4, 0.5) is 0 Å². The summed E-state index contributed by atoms with van der Waals surface area (Å²) in [5, 5.41) is 0. The van der Waals surface area contributed by atoms with E-state index < -0.39 is 0 Å². The van der Waals surface area contributed by atoms with Crippen LogP contribution < -0.4 is 0 Å². The molecular weight excluding hydrogens is 170 g/mol. The first-order valence-electron chi connectivity index (χ1n) is 4.95. The minimum atomic E-state index is 0.722. The Hall–Kier alpha value is 0.250. The van der Waals surface area contributed by atoms with Crippen molar-refractivity contribution in [3.63, 3.8) is 0 Å². The van der Waals surface area contributed by atoms with Gasteiger partial charge in [-0.3, -0.25) is 4.90 Å². The van der Waals surface area contributed by atoms with Gasteiger partial charge in [-0.25, -0.2) is 0 Å². The summed E-state index contributed by atoms with van der Waals surface area (Å²) in [7, 11) is 0. The fourth-order valence-corrected chi connectivity index (χ4v) is 2.45. The first kappa shape index (κ1) is 10.3. The third-order valence-corrected chi connectivity index (χ3v) is 3.26. The lowest BCUT2D eigenvalue weighted by atomic mass is 9.86. The molecule has 1 fully saturated rings. The lowest BCUT2D eigenvalue weighted by molar-refractivity contribution is 0.0861. The van der Waals surface area contributed by atoms with Gasteiger partial charge in [-0.05, 0) is 25.2 Å². The molecule has 0 radical (unpaired) electrons. The zero-order valence-electron chi connectivity index (χ0n) is 8.39. The normalized spacial score (nSPS) is 38.5. The third kappa shape index (κ3) is 2.37. The monoisotopic (exact) mass is 189 g/mol. The molecule has 0 aliphatic carbocycles. The zero-order chi connectivity index (χ0) is 9.14. The van der Waals surface area contributed by atoms with Crippen LogP contribution in [0, 0.1) is 11.8 Å². The molecule has 0 amide bonds. The van der Waals surface area contributed by atoms with Gasteiger partial charge in [-0.15, -0.1) is 11.6 Å². The number of likely N-dealkylation sites (tertiary alicyclic amines) is 1. The van der Waals surface area contributed by atoms with Crippen molar-refractivity contribution in [2.45, 2.75) is 33.2 Å². The van der Waals surface area contributed by atoms with E-state index >= 15 is 0 Å². The quantitative estimate of drug-likeness (QED) is 0.604. The summed E-state index contributed by atoms with van der Waals surface area (Å²) in [4.78, 5) is 2.52. The van der Waals surface area contributed by atoms with Crippen molar-refractivity contribution < 1.29 is 0 Å². The van der Waals surface area contributed by atoms with Crippen molar-refractivity contribution in [2.75, 3.05) is 19.0 Å². The van der Waals surface area contributed by atoms with Crippen LogP contribution in [0.15, 0.2) is 0 Å². The van der Waals surface area contributed by atoms with Crippen LogP contribution in [0.25, 0.3) is 0 Å². The van der Waals surface area contributed by atoms with E-state index in [0.29, 0.717) is 0 Å². The Bertz CT molecular complexity index is 138. The van der Waals surface area contributed by atoms with Crippen LogP contribution in [0.3, 0.4) is 0 Å². The molecule has 12 heavy (non-hydrogen) atoms. The van der Waals surface area contributed by atoms with Crippen molar-refractivity contribution in [2.24, 2.45) is 11.8 Å². The molecule has 1 heterocycles. The van der Waals surface area contributed by atoms with E-state index in [0.717, 1.165) is 30.3 Å². The van der Waals surface area contributed by atoms with E-state index in [1.165, 1.54) is 13.0 Å². The molecule has 1 nitrogen and oxygen atoms in total. The molecule has 1 saturated heterocycles. The van der Waals surface area contributed by atoms with Crippen LogP contribution in [0.5, 0.6) is 0 Å². The Morgan fingerprint density at radius 1 is 1.33 bits per heavy atom.